The summed E-state index contributed by atoms with van der Waals surface area (Å²) >= 11 is 1.87. The molecule has 2 heteroatoms. The predicted octanol–water partition coefficient (Wildman–Crippen LogP) is 17.0. The van der Waals surface area contributed by atoms with Crippen molar-refractivity contribution in [2.75, 3.05) is 4.90 Å². The normalized spacial score (nSPS) is 16.9. The predicted molar refractivity (Wildman–Crippen MR) is 269 cm³/mol. The number of para-hydroxylation sites is 1. The summed E-state index contributed by atoms with van der Waals surface area (Å²) < 4.78 is 2.64. The second kappa shape index (κ2) is 15.0. The molecule has 0 spiro atoms. The molecule has 0 saturated carbocycles. The smallest absolute Gasteiger partial charge is 0.0499 e. The molecule has 3 aliphatic rings. The van der Waals surface area contributed by atoms with Gasteiger partial charge in [-0.3, -0.25) is 0 Å². The molecule has 0 radical (unpaired) electrons. The van der Waals surface area contributed by atoms with Gasteiger partial charge in [-0.15, -0.1) is 11.3 Å². The van der Waals surface area contributed by atoms with Gasteiger partial charge >= 0.3 is 0 Å². The first-order valence-electron chi connectivity index (χ1n) is 22.1. The molecule has 2 atom stereocenters. The fourth-order valence-corrected chi connectivity index (χ4v) is 11.9. The highest BCUT2D eigenvalue weighted by Crippen LogP contribution is 2.53. The van der Waals surface area contributed by atoms with Gasteiger partial charge in [-0.05, 0) is 109 Å². The highest BCUT2D eigenvalue weighted by atomic mass is 32.1. The summed E-state index contributed by atoms with van der Waals surface area (Å²) in [5, 5.41) is 2.65. The maximum Gasteiger partial charge on any atom is 0.0499 e. The van der Waals surface area contributed by atoms with Crippen LogP contribution in [0.4, 0.5) is 17.1 Å². The average molecular weight is 824 g/mol. The van der Waals surface area contributed by atoms with Gasteiger partial charge in [0, 0.05) is 54.5 Å². The third kappa shape index (κ3) is 6.12. The van der Waals surface area contributed by atoms with Crippen molar-refractivity contribution in [3.63, 3.8) is 0 Å². The number of fused-ring (bicyclic) bond motifs is 7. The lowest BCUT2D eigenvalue weighted by Gasteiger charge is -2.36. The topological polar surface area (TPSA) is 3.24 Å². The molecule has 12 rings (SSSR count). The second-order valence-corrected chi connectivity index (χ2v) is 18.6. The van der Waals surface area contributed by atoms with Crippen molar-refractivity contribution in [1.29, 1.82) is 0 Å². The van der Waals surface area contributed by atoms with Crippen LogP contribution >= 0.6 is 11.3 Å². The van der Waals surface area contributed by atoms with Crippen LogP contribution in [0, 0.1) is 5.92 Å². The molecule has 0 fully saturated rings. The van der Waals surface area contributed by atoms with E-state index in [4.69, 9.17) is 0 Å². The Balaban J connectivity index is 0.999. The maximum atomic E-state index is 2.48. The number of hydrogen-bond donors (Lipinski definition) is 0. The number of allylic oxidation sites excluding steroid dienone is 8. The first-order valence-corrected chi connectivity index (χ1v) is 22.9. The van der Waals surface area contributed by atoms with E-state index in [9.17, 15) is 0 Å². The highest BCUT2D eigenvalue weighted by Gasteiger charge is 2.37. The molecular weight excluding hydrogens is 779 g/mol. The summed E-state index contributed by atoms with van der Waals surface area (Å²) in [5.74, 6) is 0.307. The summed E-state index contributed by atoms with van der Waals surface area (Å²) in [4.78, 5) is 2.48. The number of benzene rings is 8. The lowest BCUT2D eigenvalue weighted by Crippen LogP contribution is -2.21. The zero-order chi connectivity index (χ0) is 42.1. The fourth-order valence-electron chi connectivity index (χ4n) is 10.8. The van der Waals surface area contributed by atoms with Crippen LogP contribution in [0.1, 0.15) is 42.0 Å². The molecule has 63 heavy (non-hydrogen) atoms. The van der Waals surface area contributed by atoms with Gasteiger partial charge in [0.2, 0.25) is 0 Å². The Labute approximate surface area is 374 Å². The monoisotopic (exact) mass is 823 g/mol. The lowest BCUT2D eigenvalue weighted by molar-refractivity contribution is 0.660. The Bertz CT molecular complexity index is 3360. The Hall–Kier alpha value is -7.26. The maximum absolute atomic E-state index is 2.48. The highest BCUT2D eigenvalue weighted by molar-refractivity contribution is 7.25. The fraction of sp³-hybridized carbons (Fsp3) is 0.0820. The van der Waals surface area contributed by atoms with Gasteiger partial charge in [-0.25, -0.2) is 0 Å². The molecule has 300 valence electrons. The number of hydrogen-bond acceptors (Lipinski definition) is 2. The van der Waals surface area contributed by atoms with Crippen molar-refractivity contribution in [3.8, 4) is 33.4 Å². The Kier molecular flexibility index (Phi) is 8.91. The molecule has 9 aromatic rings. The van der Waals surface area contributed by atoms with Gasteiger partial charge in [0.15, 0.2) is 0 Å². The third-order valence-corrected chi connectivity index (χ3v) is 14.9. The van der Waals surface area contributed by atoms with E-state index < -0.39 is 0 Å². The average Bonchev–Trinajstić information content (AvgIpc) is 3.84. The van der Waals surface area contributed by atoms with Crippen molar-refractivity contribution in [1.82, 2.24) is 0 Å². The molecule has 0 bridgehead atoms. The van der Waals surface area contributed by atoms with Crippen LogP contribution in [-0.2, 0) is 5.41 Å². The summed E-state index contributed by atoms with van der Waals surface area (Å²) in [6.45, 7) is 4.72. The van der Waals surface area contributed by atoms with Gasteiger partial charge in [0.25, 0.3) is 0 Å². The van der Waals surface area contributed by atoms with Gasteiger partial charge in [-0.1, -0.05) is 196 Å². The van der Waals surface area contributed by atoms with Crippen molar-refractivity contribution in [3.05, 3.63) is 252 Å². The zero-order valence-corrected chi connectivity index (χ0v) is 36.2. The number of anilines is 3. The summed E-state index contributed by atoms with van der Waals surface area (Å²) in [6.07, 6.45) is 13.8. The third-order valence-electron chi connectivity index (χ3n) is 13.8. The molecule has 1 nitrogen and oxygen atoms in total. The standard InChI is InChI=1S/C61H45NS/c1-61(2)53-27-9-6-21-51(53)59-47(24-14-28-54(59)61)41-32-36-44(37-33-41)62(45-38-34-42(35-39-45)48-25-15-31-57-60(48)52-22-8-11-30-56(52)63-57)55-29-10-7-20-49(55)50-26-13-19-43-18-12-23-46(58(43)50)40-16-4-3-5-17-40/h3-39,50,58H,1-2H3. The van der Waals surface area contributed by atoms with Gasteiger partial charge < -0.3 is 4.90 Å². The largest absolute Gasteiger partial charge is 0.310 e. The van der Waals surface area contributed by atoms with Crippen molar-refractivity contribution < 1.29 is 0 Å². The van der Waals surface area contributed by atoms with E-state index >= 15 is 0 Å². The van der Waals surface area contributed by atoms with Crippen molar-refractivity contribution in [2.24, 2.45) is 5.92 Å². The molecular formula is C61H45NS. The molecule has 0 aliphatic heterocycles. The van der Waals surface area contributed by atoms with Crippen LogP contribution in [0.15, 0.2) is 230 Å². The number of rotatable bonds is 7. The summed E-state index contributed by atoms with van der Waals surface area (Å²) in [6, 6.07) is 69.9. The summed E-state index contributed by atoms with van der Waals surface area (Å²) in [7, 11) is 0. The first kappa shape index (κ1) is 37.5. The Morgan fingerprint density at radius 2 is 1.13 bits per heavy atom. The molecule has 0 amide bonds. The minimum atomic E-state index is -0.0527. The van der Waals surface area contributed by atoms with E-state index in [1.807, 2.05) is 11.3 Å². The molecule has 3 aliphatic carbocycles. The van der Waals surface area contributed by atoms with Crippen LogP contribution in [0.5, 0.6) is 0 Å². The molecule has 1 aromatic heterocycles. The minimum absolute atomic E-state index is 0.0527. The quantitative estimate of drug-likeness (QED) is 0.155. The van der Waals surface area contributed by atoms with E-state index in [0.717, 1.165) is 11.4 Å². The van der Waals surface area contributed by atoms with E-state index in [1.54, 1.807) is 0 Å². The van der Waals surface area contributed by atoms with Crippen LogP contribution < -0.4 is 4.90 Å². The van der Waals surface area contributed by atoms with Gasteiger partial charge in [0.1, 0.15) is 0 Å². The first-order chi connectivity index (χ1) is 31.0. The van der Waals surface area contributed by atoms with Crippen LogP contribution in [0.2, 0.25) is 0 Å². The Morgan fingerprint density at radius 1 is 0.492 bits per heavy atom. The van der Waals surface area contributed by atoms with Crippen LogP contribution in [0.25, 0.3) is 59.1 Å². The Morgan fingerprint density at radius 3 is 1.95 bits per heavy atom. The SMILES string of the molecule is CC1(C)c2ccccc2-c2c(-c3ccc(N(c4ccc(-c5cccc6sc7ccccc7c56)cc4)c4ccccc4C4C=CC=C5C=CC=C(c6ccccc6)C54)cc3)cccc21. The van der Waals surface area contributed by atoms with E-state index in [-0.39, 0.29) is 17.3 Å². The van der Waals surface area contributed by atoms with Crippen molar-refractivity contribution in [2.45, 2.75) is 25.2 Å². The van der Waals surface area contributed by atoms with E-state index in [1.165, 1.54) is 92.6 Å². The number of thiophene rings is 1. The van der Waals surface area contributed by atoms with Gasteiger partial charge in [-0.2, -0.15) is 0 Å². The molecule has 0 saturated heterocycles. The van der Waals surface area contributed by atoms with Crippen LogP contribution in [0.3, 0.4) is 0 Å². The van der Waals surface area contributed by atoms with Crippen LogP contribution in [-0.4, -0.2) is 0 Å². The van der Waals surface area contributed by atoms with Gasteiger partial charge in [0.05, 0.1) is 0 Å². The van der Waals surface area contributed by atoms with Crippen molar-refractivity contribution >= 4 is 54.1 Å². The molecule has 0 N–H and O–H groups in total. The second-order valence-electron chi connectivity index (χ2n) is 17.6. The molecule has 1 heterocycles. The molecule has 2 unspecified atom stereocenters. The molecule has 8 aromatic carbocycles. The van der Waals surface area contributed by atoms with E-state index in [0.29, 0.717) is 0 Å². The summed E-state index contributed by atoms with van der Waals surface area (Å²) in [5.41, 5.74) is 19.1. The van der Waals surface area contributed by atoms with E-state index in [2.05, 4.69) is 243 Å². The number of nitrogens with zero attached hydrogens (tertiary/aromatic N) is 1. The zero-order valence-electron chi connectivity index (χ0n) is 35.4. The lowest BCUT2D eigenvalue weighted by atomic mass is 9.70. The minimum Gasteiger partial charge on any atom is -0.310 e.